The quantitative estimate of drug-likeness (QED) is 0.353. The maximum Gasteiger partial charge on any atom is 0.229 e. The monoisotopic (exact) mass is 520 g/mol. The molecule has 1 aromatic carbocycles. The van der Waals surface area contributed by atoms with E-state index in [-0.39, 0.29) is 34.3 Å². The van der Waals surface area contributed by atoms with E-state index < -0.39 is 21.2 Å². The van der Waals surface area contributed by atoms with Crippen LogP contribution in [0.2, 0.25) is 0 Å². The molecule has 0 saturated heterocycles. The highest BCUT2D eigenvalue weighted by atomic mass is 32.2. The van der Waals surface area contributed by atoms with Crippen LogP contribution in [0.1, 0.15) is 62.8 Å². The number of amidine groups is 1. The van der Waals surface area contributed by atoms with Crippen LogP contribution >= 0.6 is 0 Å². The van der Waals surface area contributed by atoms with Crippen molar-refractivity contribution in [2.24, 2.45) is 10.4 Å². The van der Waals surface area contributed by atoms with E-state index in [1.54, 1.807) is 32.9 Å². The fourth-order valence-corrected chi connectivity index (χ4v) is 5.47. The molecule has 1 aliphatic carbocycles. The molecule has 9 heteroatoms. The lowest BCUT2D eigenvalue weighted by atomic mass is 9.66. The zero-order valence-electron chi connectivity index (χ0n) is 22.0. The predicted molar refractivity (Wildman–Crippen MR) is 143 cm³/mol. The highest BCUT2D eigenvalue weighted by Gasteiger charge is 2.44. The van der Waals surface area contributed by atoms with Crippen LogP contribution in [0.25, 0.3) is 0 Å². The zero-order chi connectivity index (χ0) is 27.5. The van der Waals surface area contributed by atoms with Crippen LogP contribution in [0, 0.1) is 31.6 Å². The zero-order valence-corrected chi connectivity index (χ0v) is 22.9. The normalized spacial score (nSPS) is 17.9. The van der Waals surface area contributed by atoms with Gasteiger partial charge in [-0.25, -0.2) is 23.4 Å². The van der Waals surface area contributed by atoms with Crippen LogP contribution in [0.15, 0.2) is 51.5 Å². The number of aliphatic imine (C=N–C) groups is 1. The first kappa shape index (κ1) is 27.9. The molecule has 3 rings (SSSR count). The van der Waals surface area contributed by atoms with Gasteiger partial charge in [0.1, 0.15) is 11.7 Å². The molecule has 2 aromatic rings. The number of aromatic nitrogens is 2. The molecule has 1 unspecified atom stereocenters. The van der Waals surface area contributed by atoms with E-state index >= 15 is 0 Å². The molecule has 0 bridgehead atoms. The third kappa shape index (κ3) is 6.38. The molecule has 0 radical (unpaired) electrons. The number of carbonyl (C=O) groups excluding carboxylic acids is 2. The van der Waals surface area contributed by atoms with Gasteiger partial charge < -0.3 is 5.32 Å². The molecule has 1 heterocycles. The number of aryl methyl sites for hydroxylation is 2. The number of sulfone groups is 1. The molecule has 37 heavy (non-hydrogen) atoms. The van der Waals surface area contributed by atoms with Crippen molar-refractivity contribution >= 4 is 27.4 Å². The average molecular weight is 521 g/mol. The molecule has 0 fully saturated rings. The van der Waals surface area contributed by atoms with Crippen molar-refractivity contribution in [1.82, 2.24) is 15.3 Å². The summed E-state index contributed by atoms with van der Waals surface area (Å²) in [6, 6.07) is 8.05. The lowest BCUT2D eigenvalue weighted by Gasteiger charge is -2.37. The number of rotatable bonds is 6. The Morgan fingerprint density at radius 1 is 1.22 bits per heavy atom. The van der Waals surface area contributed by atoms with Crippen molar-refractivity contribution < 1.29 is 18.0 Å². The summed E-state index contributed by atoms with van der Waals surface area (Å²) >= 11 is 0. The molecular weight excluding hydrogens is 488 g/mol. The molecule has 1 aliphatic rings. The minimum absolute atomic E-state index is 0.0103. The van der Waals surface area contributed by atoms with E-state index in [9.17, 15) is 18.0 Å². The van der Waals surface area contributed by atoms with Crippen molar-refractivity contribution in [3.8, 4) is 12.3 Å². The summed E-state index contributed by atoms with van der Waals surface area (Å²) in [6.07, 6.45) is 6.21. The van der Waals surface area contributed by atoms with Crippen molar-refractivity contribution in [1.29, 1.82) is 0 Å². The van der Waals surface area contributed by atoms with Gasteiger partial charge in [0.05, 0.1) is 40.0 Å². The third-order valence-corrected chi connectivity index (χ3v) is 8.03. The molecule has 1 atom stereocenters. The fraction of sp³-hybridized carbons (Fsp3) is 0.393. The van der Waals surface area contributed by atoms with Crippen LogP contribution in [0.4, 0.5) is 0 Å². The van der Waals surface area contributed by atoms with Crippen LogP contribution in [-0.2, 0) is 25.8 Å². The Morgan fingerprint density at radius 3 is 2.43 bits per heavy atom. The van der Waals surface area contributed by atoms with Crippen molar-refractivity contribution in [3.05, 3.63) is 64.4 Å². The summed E-state index contributed by atoms with van der Waals surface area (Å²) in [5, 5.41) is 2.73. The van der Waals surface area contributed by atoms with Gasteiger partial charge in [0, 0.05) is 5.69 Å². The second kappa shape index (κ2) is 10.8. The van der Waals surface area contributed by atoms with Gasteiger partial charge >= 0.3 is 0 Å². The van der Waals surface area contributed by atoms with Gasteiger partial charge in [-0.1, -0.05) is 38.8 Å². The maximum absolute atomic E-state index is 13.5. The van der Waals surface area contributed by atoms with E-state index in [1.165, 1.54) is 12.1 Å². The minimum atomic E-state index is -3.30. The second-order valence-corrected chi connectivity index (χ2v) is 12.2. The largest absolute Gasteiger partial charge is 0.314 e. The van der Waals surface area contributed by atoms with Crippen LogP contribution < -0.4 is 5.32 Å². The van der Waals surface area contributed by atoms with Gasteiger partial charge in [-0.2, -0.15) is 0 Å². The van der Waals surface area contributed by atoms with E-state index in [4.69, 9.17) is 6.42 Å². The summed E-state index contributed by atoms with van der Waals surface area (Å²) in [4.78, 5) is 39.7. The Hall–Kier alpha value is -3.64. The summed E-state index contributed by atoms with van der Waals surface area (Å²) < 4.78 is 24.0. The smallest absolute Gasteiger partial charge is 0.229 e. The number of nitrogens with zero attached hydrogens (tertiary/aromatic N) is 3. The number of ketones is 1. The van der Waals surface area contributed by atoms with Crippen molar-refractivity contribution in [3.63, 3.8) is 0 Å². The fourth-order valence-electron chi connectivity index (χ4n) is 4.58. The Balaban J connectivity index is 1.81. The van der Waals surface area contributed by atoms with Crippen LogP contribution in [0.3, 0.4) is 0 Å². The van der Waals surface area contributed by atoms with E-state index in [1.807, 2.05) is 26.8 Å². The molecule has 0 aliphatic heterocycles. The predicted octanol–water partition coefficient (Wildman–Crippen LogP) is 3.63. The Bertz CT molecular complexity index is 1430. The standard InChI is InChI=1S/C28H32N4O4S/c1-8-22-24(16-28(6,7)26(27(22)34)23-14-17(3)29-18(4)30-23)31-19(5)32-25(33)15-20-10-12-21(13-11-20)37(35,36)9-2/h1,10-14,26H,9,15-16H2,2-7H3,(H,31,32,33). The SMILES string of the molecule is C#CC1=C(/N=C(\C)NC(=O)Cc2ccc(S(=O)(=O)CC)cc2)CC(C)(C)C(c2cc(C)nc(C)n2)C1=O. The molecule has 1 amide bonds. The lowest BCUT2D eigenvalue weighted by molar-refractivity contribution is -0.120. The molecular formula is C28H32N4O4S. The maximum atomic E-state index is 13.5. The topological polar surface area (TPSA) is 118 Å². The van der Waals surface area contributed by atoms with Gasteiger partial charge in [0.15, 0.2) is 15.6 Å². The summed E-state index contributed by atoms with van der Waals surface area (Å²) in [5.74, 6) is 2.35. The Morgan fingerprint density at radius 2 is 1.86 bits per heavy atom. The number of nitrogens with one attached hydrogen (secondary N) is 1. The third-order valence-electron chi connectivity index (χ3n) is 6.28. The molecule has 0 spiro atoms. The van der Waals surface area contributed by atoms with Gasteiger partial charge in [-0.3, -0.25) is 9.59 Å². The Labute approximate surface area is 218 Å². The minimum Gasteiger partial charge on any atom is -0.314 e. The first-order chi connectivity index (χ1) is 17.3. The number of allylic oxidation sites excluding steroid dienone is 2. The Kier molecular flexibility index (Phi) is 8.13. The van der Waals surface area contributed by atoms with Gasteiger partial charge in [0.25, 0.3) is 0 Å². The second-order valence-electron chi connectivity index (χ2n) is 9.88. The van der Waals surface area contributed by atoms with Crippen LogP contribution in [-0.4, -0.2) is 41.7 Å². The number of terminal acetylenes is 1. The van der Waals surface area contributed by atoms with Crippen LogP contribution in [0.5, 0.6) is 0 Å². The van der Waals surface area contributed by atoms with Gasteiger partial charge in [0.2, 0.25) is 5.91 Å². The van der Waals surface area contributed by atoms with Crippen molar-refractivity contribution in [2.45, 2.75) is 65.2 Å². The highest BCUT2D eigenvalue weighted by Crippen LogP contribution is 2.46. The van der Waals surface area contributed by atoms with Gasteiger partial charge in [-0.15, -0.1) is 6.42 Å². The first-order valence-electron chi connectivity index (χ1n) is 12.0. The lowest BCUT2D eigenvalue weighted by Crippen LogP contribution is -2.36. The average Bonchev–Trinajstić information content (AvgIpc) is 2.78. The number of Topliss-reactive ketones (excluding diaryl/α,β-unsaturated/α-hetero) is 1. The number of amides is 1. The number of hydrogen-bond donors (Lipinski definition) is 1. The summed E-state index contributed by atoms with van der Waals surface area (Å²) in [5.41, 5.74) is 2.19. The molecule has 194 valence electrons. The number of benzene rings is 1. The molecule has 1 aromatic heterocycles. The number of hydrogen-bond acceptors (Lipinski definition) is 7. The van der Waals surface area contributed by atoms with Crippen molar-refractivity contribution in [2.75, 3.05) is 5.75 Å². The van der Waals surface area contributed by atoms with E-state index in [2.05, 4.69) is 26.2 Å². The van der Waals surface area contributed by atoms with Gasteiger partial charge in [-0.05, 0) is 56.4 Å². The van der Waals surface area contributed by atoms with E-state index in [0.717, 1.165) is 5.69 Å². The molecule has 0 saturated carbocycles. The van der Waals surface area contributed by atoms with E-state index in [0.29, 0.717) is 35.0 Å². The highest BCUT2D eigenvalue weighted by molar-refractivity contribution is 7.91. The molecule has 1 N–H and O–H groups in total. The first-order valence-corrected chi connectivity index (χ1v) is 13.7. The summed E-state index contributed by atoms with van der Waals surface area (Å²) in [7, 11) is -3.30. The number of carbonyl (C=O) groups is 2. The summed E-state index contributed by atoms with van der Waals surface area (Å²) in [6.45, 7) is 10.8. The molecule has 8 nitrogen and oxygen atoms in total.